The Morgan fingerprint density at radius 2 is 1.90 bits per heavy atom. The first-order valence-electron chi connectivity index (χ1n) is 9.81. The SMILES string of the molecule is Cc1ccc(C)c(-n2c(SCC(=O)N3CCOCC3)nnc2-c2ccccc2Cl)c1. The van der Waals surface area contributed by atoms with Gasteiger partial charge in [0.05, 0.1) is 29.7 Å². The van der Waals surface area contributed by atoms with Crippen LogP contribution in [0.2, 0.25) is 5.02 Å². The van der Waals surface area contributed by atoms with Crippen LogP contribution in [0.4, 0.5) is 0 Å². The van der Waals surface area contributed by atoms with E-state index in [1.165, 1.54) is 11.8 Å². The van der Waals surface area contributed by atoms with Gasteiger partial charge in [-0.25, -0.2) is 0 Å². The Morgan fingerprint density at radius 3 is 2.67 bits per heavy atom. The van der Waals surface area contributed by atoms with E-state index in [-0.39, 0.29) is 5.91 Å². The Labute approximate surface area is 185 Å². The van der Waals surface area contributed by atoms with Crippen molar-refractivity contribution in [3.63, 3.8) is 0 Å². The number of halogens is 1. The summed E-state index contributed by atoms with van der Waals surface area (Å²) in [6, 6.07) is 13.8. The fourth-order valence-electron chi connectivity index (χ4n) is 3.39. The lowest BCUT2D eigenvalue weighted by molar-refractivity contribution is -0.132. The molecule has 4 rings (SSSR count). The van der Waals surface area contributed by atoms with Gasteiger partial charge in [-0.2, -0.15) is 0 Å². The van der Waals surface area contributed by atoms with Gasteiger partial charge < -0.3 is 9.64 Å². The molecule has 1 amide bonds. The average molecular weight is 443 g/mol. The zero-order chi connectivity index (χ0) is 21.1. The molecule has 0 unspecified atom stereocenters. The molecule has 0 spiro atoms. The van der Waals surface area contributed by atoms with E-state index in [1.54, 1.807) is 0 Å². The van der Waals surface area contributed by atoms with Crippen molar-refractivity contribution < 1.29 is 9.53 Å². The lowest BCUT2D eigenvalue weighted by atomic mass is 10.1. The van der Waals surface area contributed by atoms with Crippen molar-refractivity contribution in [2.75, 3.05) is 32.1 Å². The van der Waals surface area contributed by atoms with Gasteiger partial charge in [-0.05, 0) is 43.2 Å². The molecule has 2 heterocycles. The summed E-state index contributed by atoms with van der Waals surface area (Å²) in [5.74, 6) is 1.04. The van der Waals surface area contributed by atoms with Gasteiger partial charge in [0.1, 0.15) is 0 Å². The Hall–Kier alpha value is -2.35. The summed E-state index contributed by atoms with van der Waals surface area (Å²) in [6.07, 6.45) is 0. The molecule has 1 saturated heterocycles. The van der Waals surface area contributed by atoms with Crippen LogP contribution < -0.4 is 0 Å². The van der Waals surface area contributed by atoms with E-state index < -0.39 is 0 Å². The molecular weight excluding hydrogens is 420 g/mol. The van der Waals surface area contributed by atoms with Gasteiger partial charge in [-0.15, -0.1) is 10.2 Å². The van der Waals surface area contributed by atoms with Crippen LogP contribution >= 0.6 is 23.4 Å². The van der Waals surface area contributed by atoms with Crippen molar-refractivity contribution in [3.05, 3.63) is 58.6 Å². The maximum Gasteiger partial charge on any atom is 0.233 e. The number of rotatable bonds is 5. The molecular formula is C22H23ClN4O2S. The summed E-state index contributed by atoms with van der Waals surface area (Å²) in [6.45, 7) is 6.55. The molecule has 1 aliphatic rings. The number of benzene rings is 2. The van der Waals surface area contributed by atoms with Gasteiger partial charge in [-0.1, -0.05) is 47.6 Å². The predicted octanol–water partition coefficient (Wildman–Crippen LogP) is 4.16. The van der Waals surface area contributed by atoms with Crippen molar-refractivity contribution >= 4 is 29.3 Å². The first-order valence-corrected chi connectivity index (χ1v) is 11.2. The summed E-state index contributed by atoms with van der Waals surface area (Å²) in [5.41, 5.74) is 4.01. The maximum atomic E-state index is 12.6. The zero-order valence-corrected chi connectivity index (χ0v) is 18.5. The number of nitrogens with zero attached hydrogens (tertiary/aromatic N) is 4. The highest BCUT2D eigenvalue weighted by atomic mass is 35.5. The van der Waals surface area contributed by atoms with Crippen LogP contribution in [0, 0.1) is 13.8 Å². The lowest BCUT2D eigenvalue weighted by Crippen LogP contribution is -2.41. The van der Waals surface area contributed by atoms with Crippen LogP contribution in [0.5, 0.6) is 0 Å². The van der Waals surface area contributed by atoms with Crippen molar-refractivity contribution in [2.24, 2.45) is 0 Å². The normalized spacial score (nSPS) is 14.2. The largest absolute Gasteiger partial charge is 0.378 e. The summed E-state index contributed by atoms with van der Waals surface area (Å²) in [4.78, 5) is 14.5. The van der Waals surface area contributed by atoms with E-state index >= 15 is 0 Å². The van der Waals surface area contributed by atoms with E-state index in [0.717, 1.165) is 22.4 Å². The van der Waals surface area contributed by atoms with Crippen LogP contribution in [-0.2, 0) is 9.53 Å². The van der Waals surface area contributed by atoms with Crippen molar-refractivity contribution in [2.45, 2.75) is 19.0 Å². The minimum Gasteiger partial charge on any atom is -0.378 e. The molecule has 6 nitrogen and oxygen atoms in total. The number of carbonyl (C=O) groups excluding carboxylic acids is 1. The smallest absolute Gasteiger partial charge is 0.233 e. The van der Waals surface area contributed by atoms with Crippen LogP contribution in [0.3, 0.4) is 0 Å². The topological polar surface area (TPSA) is 60.2 Å². The molecule has 3 aromatic rings. The lowest BCUT2D eigenvalue weighted by Gasteiger charge is -2.26. The molecule has 1 fully saturated rings. The number of amides is 1. The van der Waals surface area contributed by atoms with E-state index in [9.17, 15) is 4.79 Å². The fourth-order valence-corrected chi connectivity index (χ4v) is 4.46. The number of thioether (sulfide) groups is 1. The highest BCUT2D eigenvalue weighted by Gasteiger charge is 2.22. The zero-order valence-electron chi connectivity index (χ0n) is 17.0. The van der Waals surface area contributed by atoms with Gasteiger partial charge in [0.2, 0.25) is 5.91 Å². The molecule has 156 valence electrons. The van der Waals surface area contributed by atoms with Gasteiger partial charge in [-0.3, -0.25) is 9.36 Å². The number of hydrogen-bond donors (Lipinski definition) is 0. The highest BCUT2D eigenvalue weighted by Crippen LogP contribution is 2.33. The molecule has 0 radical (unpaired) electrons. The molecule has 2 aromatic carbocycles. The highest BCUT2D eigenvalue weighted by molar-refractivity contribution is 7.99. The van der Waals surface area contributed by atoms with Crippen molar-refractivity contribution in [1.82, 2.24) is 19.7 Å². The van der Waals surface area contributed by atoms with Gasteiger partial charge in [0, 0.05) is 18.7 Å². The van der Waals surface area contributed by atoms with Crippen molar-refractivity contribution in [3.8, 4) is 17.1 Å². The second kappa shape index (κ2) is 9.20. The second-order valence-electron chi connectivity index (χ2n) is 7.19. The van der Waals surface area contributed by atoms with Gasteiger partial charge in [0.25, 0.3) is 0 Å². The standard InChI is InChI=1S/C22H23ClN4O2S/c1-15-7-8-16(2)19(13-15)27-21(17-5-3-4-6-18(17)23)24-25-22(27)30-14-20(28)26-9-11-29-12-10-26/h3-8,13H,9-12,14H2,1-2H3. The predicted molar refractivity (Wildman–Crippen MR) is 119 cm³/mol. The second-order valence-corrected chi connectivity index (χ2v) is 8.54. The monoisotopic (exact) mass is 442 g/mol. The van der Waals surface area contributed by atoms with E-state index in [1.807, 2.05) is 33.7 Å². The molecule has 1 aliphatic heterocycles. The molecule has 0 bridgehead atoms. The third-order valence-corrected chi connectivity index (χ3v) is 6.29. The Kier molecular flexibility index (Phi) is 6.41. The van der Waals surface area contributed by atoms with Crippen LogP contribution in [-0.4, -0.2) is 57.6 Å². The molecule has 8 heteroatoms. The number of carbonyl (C=O) groups is 1. The minimum atomic E-state index is 0.0816. The molecule has 30 heavy (non-hydrogen) atoms. The van der Waals surface area contributed by atoms with Crippen LogP contribution in [0.15, 0.2) is 47.6 Å². The number of ether oxygens (including phenoxy) is 1. The van der Waals surface area contributed by atoms with E-state index in [0.29, 0.717) is 48.1 Å². The Bertz CT molecular complexity index is 1060. The number of aryl methyl sites for hydroxylation is 2. The van der Waals surface area contributed by atoms with Crippen molar-refractivity contribution in [1.29, 1.82) is 0 Å². The quantitative estimate of drug-likeness (QED) is 0.555. The number of morpholine rings is 1. The van der Waals surface area contributed by atoms with Crippen LogP contribution in [0.25, 0.3) is 17.1 Å². The first-order chi connectivity index (χ1) is 14.5. The van der Waals surface area contributed by atoms with Gasteiger partial charge >= 0.3 is 0 Å². The fraction of sp³-hybridized carbons (Fsp3) is 0.318. The third kappa shape index (κ3) is 4.38. The molecule has 1 aromatic heterocycles. The van der Waals surface area contributed by atoms with E-state index in [2.05, 4.69) is 42.2 Å². The summed E-state index contributed by atoms with van der Waals surface area (Å²) < 4.78 is 7.34. The van der Waals surface area contributed by atoms with Gasteiger partial charge in [0.15, 0.2) is 11.0 Å². The molecule has 0 aliphatic carbocycles. The average Bonchev–Trinajstić information content (AvgIpc) is 3.18. The summed E-state index contributed by atoms with van der Waals surface area (Å²) in [5, 5.41) is 10.1. The Balaban J connectivity index is 1.71. The Morgan fingerprint density at radius 1 is 1.13 bits per heavy atom. The number of hydrogen-bond acceptors (Lipinski definition) is 5. The number of aromatic nitrogens is 3. The molecule has 0 atom stereocenters. The maximum absolute atomic E-state index is 12.6. The summed E-state index contributed by atoms with van der Waals surface area (Å²) >= 11 is 7.86. The third-order valence-electron chi connectivity index (χ3n) is 5.04. The van der Waals surface area contributed by atoms with E-state index in [4.69, 9.17) is 16.3 Å². The first kappa shape index (κ1) is 20.9. The molecule has 0 N–H and O–H groups in total. The minimum absolute atomic E-state index is 0.0816. The summed E-state index contributed by atoms with van der Waals surface area (Å²) in [7, 11) is 0. The van der Waals surface area contributed by atoms with Crippen LogP contribution in [0.1, 0.15) is 11.1 Å². The molecule has 0 saturated carbocycles.